The molecule has 0 fully saturated rings. The highest BCUT2D eigenvalue weighted by molar-refractivity contribution is 5.71. The van der Waals surface area contributed by atoms with Crippen LogP contribution < -0.4 is 0 Å². The summed E-state index contributed by atoms with van der Waals surface area (Å²) in [5, 5.41) is 0. The first-order valence-electron chi connectivity index (χ1n) is 22.8. The molecule has 0 amide bonds. The van der Waals surface area contributed by atoms with Crippen molar-refractivity contribution in [3.8, 4) is 0 Å². The zero-order valence-corrected chi connectivity index (χ0v) is 35.9. The Balaban J connectivity index is 4.38. The molecular formula is C49H84O6. The van der Waals surface area contributed by atoms with Crippen molar-refractivity contribution in [3.05, 3.63) is 60.8 Å². The van der Waals surface area contributed by atoms with E-state index >= 15 is 0 Å². The molecule has 316 valence electrons. The van der Waals surface area contributed by atoms with Crippen molar-refractivity contribution in [2.75, 3.05) is 13.2 Å². The zero-order chi connectivity index (χ0) is 40.1. The highest BCUT2D eigenvalue weighted by atomic mass is 16.6. The van der Waals surface area contributed by atoms with Crippen molar-refractivity contribution in [1.82, 2.24) is 0 Å². The Kier molecular flexibility index (Phi) is 41.5. The fraction of sp³-hybridized carbons (Fsp3) is 0.735. The number of hydrogen-bond acceptors (Lipinski definition) is 6. The van der Waals surface area contributed by atoms with Gasteiger partial charge in [-0.2, -0.15) is 0 Å². The molecule has 0 spiro atoms. The van der Waals surface area contributed by atoms with Gasteiger partial charge in [0.1, 0.15) is 13.2 Å². The highest BCUT2D eigenvalue weighted by Gasteiger charge is 2.19. The lowest BCUT2D eigenvalue weighted by atomic mass is 10.0. The Morgan fingerprint density at radius 2 is 0.709 bits per heavy atom. The summed E-state index contributed by atoms with van der Waals surface area (Å²) in [5.41, 5.74) is 0. The van der Waals surface area contributed by atoms with Crippen LogP contribution in [0.5, 0.6) is 0 Å². The van der Waals surface area contributed by atoms with E-state index in [9.17, 15) is 14.4 Å². The molecule has 0 aliphatic heterocycles. The van der Waals surface area contributed by atoms with Gasteiger partial charge >= 0.3 is 17.9 Å². The molecule has 1 atom stereocenters. The van der Waals surface area contributed by atoms with Crippen molar-refractivity contribution in [3.63, 3.8) is 0 Å². The second-order valence-electron chi connectivity index (χ2n) is 14.9. The van der Waals surface area contributed by atoms with Gasteiger partial charge in [0.15, 0.2) is 6.10 Å². The quantitative estimate of drug-likeness (QED) is 0.0267. The molecule has 6 nitrogen and oxygen atoms in total. The summed E-state index contributed by atoms with van der Waals surface area (Å²) in [6.45, 7) is 6.34. The van der Waals surface area contributed by atoms with E-state index in [-0.39, 0.29) is 31.1 Å². The highest BCUT2D eigenvalue weighted by Crippen LogP contribution is 2.14. The summed E-state index contributed by atoms with van der Waals surface area (Å²) in [5.74, 6) is -0.943. The van der Waals surface area contributed by atoms with Gasteiger partial charge in [-0.1, -0.05) is 178 Å². The van der Waals surface area contributed by atoms with E-state index in [4.69, 9.17) is 14.2 Å². The van der Waals surface area contributed by atoms with Crippen molar-refractivity contribution in [2.45, 2.75) is 219 Å². The average molecular weight is 769 g/mol. The molecule has 0 aliphatic rings. The monoisotopic (exact) mass is 769 g/mol. The van der Waals surface area contributed by atoms with Gasteiger partial charge in [0, 0.05) is 19.3 Å². The lowest BCUT2D eigenvalue weighted by molar-refractivity contribution is -0.167. The summed E-state index contributed by atoms with van der Waals surface area (Å²) < 4.78 is 16.6. The summed E-state index contributed by atoms with van der Waals surface area (Å²) in [7, 11) is 0. The Bertz CT molecular complexity index is 1020. The van der Waals surface area contributed by atoms with E-state index in [1.54, 1.807) is 0 Å². The van der Waals surface area contributed by atoms with Crippen LogP contribution in [0.3, 0.4) is 0 Å². The summed E-state index contributed by atoms with van der Waals surface area (Å²) in [4.78, 5) is 37.7. The molecule has 0 aromatic rings. The molecule has 0 rings (SSSR count). The van der Waals surface area contributed by atoms with Crippen LogP contribution in [0.2, 0.25) is 0 Å². The van der Waals surface area contributed by atoms with Crippen LogP contribution in [0.15, 0.2) is 60.8 Å². The zero-order valence-electron chi connectivity index (χ0n) is 35.9. The maximum atomic E-state index is 12.7. The van der Waals surface area contributed by atoms with Crippen LogP contribution in [0, 0.1) is 0 Å². The van der Waals surface area contributed by atoms with E-state index in [1.165, 1.54) is 77.0 Å². The number of unbranched alkanes of at least 4 members (excludes halogenated alkanes) is 19. The Labute approximate surface area is 339 Å². The fourth-order valence-corrected chi connectivity index (χ4v) is 6.14. The second-order valence-corrected chi connectivity index (χ2v) is 14.9. The SMILES string of the molecule is CC/C=C\C/C=C\C/C=C\CCCCCCCCC(=O)OCC(COC(=O)CCCC/C=C\C/C=C\CC)OC(=O)CCCCCCCCCCCCCC. The lowest BCUT2D eigenvalue weighted by Crippen LogP contribution is -2.30. The largest absolute Gasteiger partial charge is 0.462 e. The van der Waals surface area contributed by atoms with Gasteiger partial charge in [-0.15, -0.1) is 0 Å². The topological polar surface area (TPSA) is 78.9 Å². The molecular weight excluding hydrogens is 685 g/mol. The van der Waals surface area contributed by atoms with Gasteiger partial charge in [0.2, 0.25) is 0 Å². The molecule has 0 radical (unpaired) electrons. The van der Waals surface area contributed by atoms with Crippen LogP contribution in [0.1, 0.15) is 213 Å². The van der Waals surface area contributed by atoms with Crippen molar-refractivity contribution in [1.29, 1.82) is 0 Å². The van der Waals surface area contributed by atoms with Gasteiger partial charge in [-0.25, -0.2) is 0 Å². The van der Waals surface area contributed by atoms with Crippen LogP contribution >= 0.6 is 0 Å². The standard InChI is InChI=1S/C49H84O6/c1-4-7-10-13-16-19-21-23-24-25-26-28-30-33-36-39-42-48(51)54-45-46(44-53-47(50)41-38-35-32-29-18-15-12-9-6-3)55-49(52)43-40-37-34-31-27-22-20-17-14-11-8-5-2/h7,9-10,12,16,18-19,23-24,29,46H,4-6,8,11,13-15,17,20-22,25-28,30-45H2,1-3H3/b10-7-,12-9-,19-16-,24-23-,29-18-. The number of hydrogen-bond donors (Lipinski definition) is 0. The van der Waals surface area contributed by atoms with Gasteiger partial charge in [0.25, 0.3) is 0 Å². The summed E-state index contributed by atoms with van der Waals surface area (Å²) in [6.07, 6.45) is 52.1. The van der Waals surface area contributed by atoms with Crippen LogP contribution in [0.25, 0.3) is 0 Å². The molecule has 0 N–H and O–H groups in total. The fourth-order valence-electron chi connectivity index (χ4n) is 6.14. The van der Waals surface area contributed by atoms with Crippen molar-refractivity contribution < 1.29 is 28.6 Å². The number of rotatable bonds is 40. The smallest absolute Gasteiger partial charge is 0.306 e. The molecule has 0 bridgehead atoms. The maximum Gasteiger partial charge on any atom is 0.306 e. The minimum absolute atomic E-state index is 0.0905. The number of ether oxygens (including phenoxy) is 3. The lowest BCUT2D eigenvalue weighted by Gasteiger charge is -2.18. The number of esters is 3. The Morgan fingerprint density at radius 3 is 1.15 bits per heavy atom. The molecule has 0 aliphatic carbocycles. The number of carbonyl (C=O) groups is 3. The summed E-state index contributed by atoms with van der Waals surface area (Å²) in [6, 6.07) is 0. The third kappa shape index (κ3) is 42.1. The first kappa shape index (κ1) is 52.1. The van der Waals surface area contributed by atoms with E-state index in [2.05, 4.69) is 81.5 Å². The van der Waals surface area contributed by atoms with Crippen LogP contribution in [0.4, 0.5) is 0 Å². The van der Waals surface area contributed by atoms with Crippen molar-refractivity contribution in [2.24, 2.45) is 0 Å². The van der Waals surface area contributed by atoms with E-state index in [0.717, 1.165) is 96.3 Å². The molecule has 0 saturated carbocycles. The molecule has 0 aromatic heterocycles. The van der Waals surface area contributed by atoms with E-state index in [0.29, 0.717) is 19.3 Å². The molecule has 1 unspecified atom stereocenters. The van der Waals surface area contributed by atoms with E-state index in [1.807, 2.05) is 0 Å². The summed E-state index contributed by atoms with van der Waals surface area (Å²) >= 11 is 0. The predicted molar refractivity (Wildman–Crippen MR) is 233 cm³/mol. The van der Waals surface area contributed by atoms with Gasteiger partial charge in [-0.05, 0) is 77.0 Å². The first-order chi connectivity index (χ1) is 27.0. The normalized spacial score (nSPS) is 12.6. The van der Waals surface area contributed by atoms with Gasteiger partial charge in [0.05, 0.1) is 0 Å². The Morgan fingerprint density at radius 1 is 0.382 bits per heavy atom. The van der Waals surface area contributed by atoms with Crippen molar-refractivity contribution >= 4 is 17.9 Å². The molecule has 0 heterocycles. The second kappa shape index (κ2) is 43.8. The molecule has 55 heavy (non-hydrogen) atoms. The molecule has 6 heteroatoms. The Hall–Kier alpha value is -2.89. The number of carbonyl (C=O) groups excluding carboxylic acids is 3. The third-order valence-corrected chi connectivity index (χ3v) is 9.52. The third-order valence-electron chi connectivity index (χ3n) is 9.52. The minimum atomic E-state index is -0.787. The van der Waals surface area contributed by atoms with Gasteiger partial charge in [-0.3, -0.25) is 14.4 Å². The molecule has 0 saturated heterocycles. The minimum Gasteiger partial charge on any atom is -0.462 e. The first-order valence-corrected chi connectivity index (χ1v) is 22.8. The van der Waals surface area contributed by atoms with Crippen LogP contribution in [-0.4, -0.2) is 37.2 Å². The maximum absolute atomic E-state index is 12.7. The van der Waals surface area contributed by atoms with E-state index < -0.39 is 6.10 Å². The van der Waals surface area contributed by atoms with Gasteiger partial charge < -0.3 is 14.2 Å². The predicted octanol–water partition coefficient (Wildman–Crippen LogP) is 14.5. The molecule has 0 aromatic carbocycles. The van der Waals surface area contributed by atoms with Crippen LogP contribution in [-0.2, 0) is 28.6 Å². The average Bonchev–Trinajstić information content (AvgIpc) is 3.18. The number of allylic oxidation sites excluding steroid dienone is 10.